The predicted octanol–water partition coefficient (Wildman–Crippen LogP) is 5.49. The van der Waals surface area contributed by atoms with E-state index in [2.05, 4.69) is 10.2 Å². The molecule has 0 aliphatic carbocycles. The molecule has 0 N–H and O–H groups in total. The van der Waals surface area contributed by atoms with Crippen LogP contribution in [0.2, 0.25) is 10.0 Å². The molecule has 0 unspecified atom stereocenters. The molecule has 0 saturated carbocycles. The van der Waals surface area contributed by atoms with Gasteiger partial charge in [0.1, 0.15) is 5.75 Å². The molecule has 0 aliphatic heterocycles. The largest absolute Gasteiger partial charge is 0.479 e. The molecule has 6 heteroatoms. The molecule has 0 bridgehead atoms. The van der Waals surface area contributed by atoms with Gasteiger partial charge in [0.2, 0.25) is 5.89 Å². The molecule has 0 radical (unpaired) electrons. The third kappa shape index (κ3) is 3.66. The van der Waals surface area contributed by atoms with Crippen LogP contribution in [0.25, 0.3) is 11.5 Å². The van der Waals surface area contributed by atoms with Gasteiger partial charge in [0.15, 0.2) is 6.10 Å². The summed E-state index contributed by atoms with van der Waals surface area (Å²) >= 11 is 12.0. The zero-order chi connectivity index (χ0) is 16.4. The first kappa shape index (κ1) is 15.8. The van der Waals surface area contributed by atoms with Crippen LogP contribution < -0.4 is 4.74 Å². The molecule has 1 atom stereocenters. The molecule has 0 fully saturated rings. The van der Waals surface area contributed by atoms with Crippen LogP contribution >= 0.6 is 23.2 Å². The Morgan fingerprint density at radius 3 is 2.48 bits per heavy atom. The number of ether oxygens (including phenoxy) is 1. The molecule has 118 valence electrons. The fraction of sp³-hybridized carbons (Fsp3) is 0.176. The van der Waals surface area contributed by atoms with E-state index in [4.69, 9.17) is 32.4 Å². The minimum Gasteiger partial charge on any atom is -0.479 e. The summed E-state index contributed by atoms with van der Waals surface area (Å²) in [6, 6.07) is 12.9. The molecule has 2 aromatic carbocycles. The Bertz CT molecular complexity index is 816. The normalized spacial score (nSPS) is 12.2. The Hall–Kier alpha value is -2.04. The maximum absolute atomic E-state index is 6.10. The molecule has 0 saturated heterocycles. The molecular weight excluding hydrogens is 335 g/mol. The summed E-state index contributed by atoms with van der Waals surface area (Å²) in [5.41, 5.74) is 2.04. The summed E-state index contributed by atoms with van der Waals surface area (Å²) in [5.74, 6) is 1.35. The van der Waals surface area contributed by atoms with Crippen molar-refractivity contribution < 1.29 is 9.15 Å². The number of benzene rings is 2. The average Bonchev–Trinajstić information content (AvgIpc) is 3.01. The maximum atomic E-state index is 6.10. The number of halogens is 2. The minimum absolute atomic E-state index is 0.381. The number of aryl methyl sites for hydroxylation is 1. The predicted molar refractivity (Wildman–Crippen MR) is 90.0 cm³/mol. The van der Waals surface area contributed by atoms with E-state index < -0.39 is 6.10 Å². The summed E-state index contributed by atoms with van der Waals surface area (Å²) in [6.45, 7) is 3.84. The first-order valence-electron chi connectivity index (χ1n) is 7.05. The molecule has 3 aromatic rings. The highest BCUT2D eigenvalue weighted by Crippen LogP contribution is 2.31. The van der Waals surface area contributed by atoms with Gasteiger partial charge >= 0.3 is 0 Å². The number of hydrogen-bond donors (Lipinski definition) is 0. The summed E-state index contributed by atoms with van der Waals surface area (Å²) in [6.07, 6.45) is -0.430. The van der Waals surface area contributed by atoms with Gasteiger partial charge in [-0.25, -0.2) is 0 Å². The van der Waals surface area contributed by atoms with E-state index in [-0.39, 0.29) is 0 Å². The van der Waals surface area contributed by atoms with Crippen LogP contribution in [0.15, 0.2) is 46.9 Å². The van der Waals surface area contributed by atoms with Crippen LogP contribution in [0.3, 0.4) is 0 Å². The van der Waals surface area contributed by atoms with E-state index in [0.717, 1.165) is 5.56 Å². The van der Waals surface area contributed by atoms with Crippen molar-refractivity contribution in [2.75, 3.05) is 0 Å². The quantitative estimate of drug-likeness (QED) is 0.625. The smallest absolute Gasteiger partial charge is 0.257 e. The van der Waals surface area contributed by atoms with Gasteiger partial charge in [-0.2, -0.15) is 0 Å². The second-order valence-electron chi connectivity index (χ2n) is 5.15. The van der Waals surface area contributed by atoms with Gasteiger partial charge in [-0.05, 0) is 44.2 Å². The topological polar surface area (TPSA) is 48.2 Å². The number of aromatic nitrogens is 2. The zero-order valence-corrected chi connectivity index (χ0v) is 14.1. The lowest BCUT2D eigenvalue weighted by molar-refractivity contribution is 0.190. The van der Waals surface area contributed by atoms with Crippen molar-refractivity contribution in [3.63, 3.8) is 0 Å². The van der Waals surface area contributed by atoms with Gasteiger partial charge in [0.25, 0.3) is 5.89 Å². The molecule has 23 heavy (non-hydrogen) atoms. The van der Waals surface area contributed by atoms with Crippen molar-refractivity contribution >= 4 is 23.2 Å². The molecule has 3 rings (SSSR count). The Morgan fingerprint density at radius 1 is 1.04 bits per heavy atom. The van der Waals surface area contributed by atoms with Gasteiger partial charge in [-0.15, -0.1) is 10.2 Å². The van der Waals surface area contributed by atoms with Crippen molar-refractivity contribution in [2.24, 2.45) is 0 Å². The molecule has 4 nitrogen and oxygen atoms in total. The van der Waals surface area contributed by atoms with Gasteiger partial charge < -0.3 is 9.15 Å². The van der Waals surface area contributed by atoms with Crippen molar-refractivity contribution in [1.29, 1.82) is 0 Å². The van der Waals surface area contributed by atoms with Crippen molar-refractivity contribution in [3.05, 3.63) is 64.0 Å². The number of hydrogen-bond acceptors (Lipinski definition) is 4. The average molecular weight is 349 g/mol. The van der Waals surface area contributed by atoms with Gasteiger partial charge in [-0.1, -0.05) is 40.9 Å². The molecule has 1 aromatic heterocycles. The minimum atomic E-state index is -0.430. The molecule has 1 heterocycles. The van der Waals surface area contributed by atoms with Crippen LogP contribution in [0, 0.1) is 6.92 Å². The van der Waals surface area contributed by atoms with E-state index in [1.54, 1.807) is 18.2 Å². The third-order valence-corrected chi connectivity index (χ3v) is 3.82. The van der Waals surface area contributed by atoms with Crippen LogP contribution in [-0.4, -0.2) is 10.2 Å². The summed E-state index contributed by atoms with van der Waals surface area (Å²) in [7, 11) is 0. The monoisotopic (exact) mass is 348 g/mol. The van der Waals surface area contributed by atoms with Crippen LogP contribution in [0.1, 0.15) is 24.5 Å². The fourth-order valence-corrected chi connectivity index (χ4v) is 2.48. The molecular formula is C17H14Cl2N2O2. The Morgan fingerprint density at radius 2 is 1.78 bits per heavy atom. The summed E-state index contributed by atoms with van der Waals surface area (Å²) < 4.78 is 11.5. The second kappa shape index (κ2) is 6.60. The Labute approximate surface area is 144 Å². The standard InChI is InChI=1S/C17H14Cl2N2O2/c1-10-3-5-12(6-4-10)17-21-20-16(23-17)11(2)22-15-8-7-13(18)9-14(15)19/h3-9,11H,1-2H3/t11-/m1/s1. The second-order valence-corrected chi connectivity index (χ2v) is 5.99. The highest BCUT2D eigenvalue weighted by molar-refractivity contribution is 6.35. The molecule has 0 spiro atoms. The SMILES string of the molecule is Cc1ccc(-c2nnc([C@@H](C)Oc3ccc(Cl)cc3Cl)o2)cc1. The number of nitrogens with zero attached hydrogens (tertiary/aromatic N) is 2. The lowest BCUT2D eigenvalue weighted by atomic mass is 10.1. The first-order chi connectivity index (χ1) is 11.0. The van der Waals surface area contributed by atoms with E-state index in [9.17, 15) is 0 Å². The van der Waals surface area contributed by atoms with Gasteiger partial charge in [0, 0.05) is 10.6 Å². The van der Waals surface area contributed by atoms with Crippen molar-refractivity contribution in [1.82, 2.24) is 10.2 Å². The van der Waals surface area contributed by atoms with Crippen LogP contribution in [-0.2, 0) is 0 Å². The van der Waals surface area contributed by atoms with Crippen LogP contribution in [0.5, 0.6) is 5.75 Å². The third-order valence-electron chi connectivity index (χ3n) is 3.28. The lowest BCUT2D eigenvalue weighted by Gasteiger charge is -2.12. The summed E-state index contributed by atoms with van der Waals surface area (Å²) in [4.78, 5) is 0. The zero-order valence-electron chi connectivity index (χ0n) is 12.6. The van der Waals surface area contributed by atoms with Crippen molar-refractivity contribution in [2.45, 2.75) is 20.0 Å². The molecule has 0 amide bonds. The Balaban J connectivity index is 1.78. The molecule has 0 aliphatic rings. The van der Waals surface area contributed by atoms with E-state index in [1.165, 1.54) is 5.56 Å². The fourth-order valence-electron chi connectivity index (χ4n) is 2.02. The summed E-state index contributed by atoms with van der Waals surface area (Å²) in [5, 5.41) is 9.10. The lowest BCUT2D eigenvalue weighted by Crippen LogP contribution is -2.03. The van der Waals surface area contributed by atoms with E-state index in [1.807, 2.05) is 38.1 Å². The highest BCUT2D eigenvalue weighted by Gasteiger charge is 2.17. The van der Waals surface area contributed by atoms with Gasteiger partial charge in [0.05, 0.1) is 5.02 Å². The van der Waals surface area contributed by atoms with Crippen molar-refractivity contribution in [3.8, 4) is 17.2 Å². The Kier molecular flexibility index (Phi) is 4.55. The number of rotatable bonds is 4. The van der Waals surface area contributed by atoms with E-state index in [0.29, 0.717) is 27.6 Å². The highest BCUT2D eigenvalue weighted by atomic mass is 35.5. The maximum Gasteiger partial charge on any atom is 0.257 e. The first-order valence-corrected chi connectivity index (χ1v) is 7.80. The van der Waals surface area contributed by atoms with Gasteiger partial charge in [-0.3, -0.25) is 0 Å². The van der Waals surface area contributed by atoms with Crippen LogP contribution in [0.4, 0.5) is 0 Å². The van der Waals surface area contributed by atoms with E-state index >= 15 is 0 Å².